The number of aromatic nitrogens is 1. The molecule has 1 unspecified atom stereocenters. The zero-order valence-electron chi connectivity index (χ0n) is 19.1. The normalized spacial score (nSPS) is 19.5. The number of aliphatic carboxylic acids is 1. The van der Waals surface area contributed by atoms with Gasteiger partial charge in [0.2, 0.25) is 0 Å². The number of hydrogen-bond donors (Lipinski definition) is 2. The minimum Gasteiger partial charge on any atom is -0.481 e. The summed E-state index contributed by atoms with van der Waals surface area (Å²) in [5, 5.41) is 13.0. The highest BCUT2D eigenvalue weighted by Crippen LogP contribution is 2.35. The summed E-state index contributed by atoms with van der Waals surface area (Å²) in [6, 6.07) is 10.4. The molecule has 1 fully saturated rings. The molecule has 0 aliphatic heterocycles. The zero-order valence-corrected chi connectivity index (χ0v) is 19.9. The maximum atomic E-state index is 13.6. The highest BCUT2D eigenvalue weighted by atomic mass is 35.5. The number of nitrogens with zero attached hydrogens (tertiary/aromatic N) is 1. The van der Waals surface area contributed by atoms with E-state index in [1.54, 1.807) is 29.0 Å². The Hall–Kier alpha value is -3.00. The molecule has 1 aromatic heterocycles. The molecule has 1 aliphatic carbocycles. The van der Waals surface area contributed by atoms with E-state index in [1.165, 1.54) is 0 Å². The summed E-state index contributed by atoms with van der Waals surface area (Å²) in [5.74, 6) is -1.71. The molecule has 4 rings (SSSR count). The van der Waals surface area contributed by atoms with Gasteiger partial charge in [0.05, 0.1) is 22.6 Å². The number of carboxylic acid groups (broad SMARTS) is 1. The van der Waals surface area contributed by atoms with Crippen molar-refractivity contribution in [3.8, 4) is 0 Å². The lowest BCUT2D eigenvalue weighted by Crippen LogP contribution is -2.40. The average molecular weight is 507 g/mol. The number of rotatable bonds is 6. The fraction of sp³-hybridized carbons (Fsp3) is 0.385. The van der Waals surface area contributed by atoms with Crippen LogP contribution in [0.4, 0.5) is 13.2 Å². The van der Waals surface area contributed by atoms with Crippen LogP contribution in [0.5, 0.6) is 0 Å². The van der Waals surface area contributed by atoms with E-state index < -0.39 is 23.6 Å². The molecule has 3 aromatic rings. The second-order valence-corrected chi connectivity index (χ2v) is 9.68. The van der Waals surface area contributed by atoms with E-state index in [2.05, 4.69) is 5.32 Å². The average Bonchev–Trinajstić information content (AvgIpc) is 3.22. The quantitative estimate of drug-likeness (QED) is 0.408. The van der Waals surface area contributed by atoms with Crippen LogP contribution >= 0.6 is 11.6 Å². The zero-order chi connectivity index (χ0) is 25.3. The van der Waals surface area contributed by atoms with Gasteiger partial charge in [0, 0.05) is 29.2 Å². The maximum absolute atomic E-state index is 13.6. The van der Waals surface area contributed by atoms with Gasteiger partial charge >= 0.3 is 12.1 Å². The molecule has 1 atom stereocenters. The first kappa shape index (κ1) is 25.1. The van der Waals surface area contributed by atoms with Gasteiger partial charge in [0.1, 0.15) is 0 Å². The minimum absolute atomic E-state index is 0.0418. The van der Waals surface area contributed by atoms with Crippen LogP contribution in [0, 0.1) is 11.8 Å². The Morgan fingerprint density at radius 1 is 1.11 bits per heavy atom. The number of carbonyl (C=O) groups excluding carboxylic acids is 1. The summed E-state index contributed by atoms with van der Waals surface area (Å²) in [4.78, 5) is 24.5. The first-order valence-corrected chi connectivity index (χ1v) is 11.9. The van der Waals surface area contributed by atoms with Crippen LogP contribution in [-0.2, 0) is 17.5 Å². The van der Waals surface area contributed by atoms with E-state index >= 15 is 0 Å². The van der Waals surface area contributed by atoms with Crippen molar-refractivity contribution in [3.63, 3.8) is 0 Å². The molecule has 0 radical (unpaired) electrons. The number of amides is 1. The number of carbonyl (C=O) groups is 2. The summed E-state index contributed by atoms with van der Waals surface area (Å²) < 4.78 is 42.6. The fourth-order valence-electron chi connectivity index (χ4n) is 4.87. The molecule has 9 heteroatoms. The lowest BCUT2D eigenvalue weighted by molar-refractivity contribution is -0.143. The van der Waals surface area contributed by atoms with Gasteiger partial charge < -0.3 is 15.0 Å². The smallest absolute Gasteiger partial charge is 0.416 e. The molecular formula is C26H26ClF3N2O3. The highest BCUT2D eigenvalue weighted by molar-refractivity contribution is 6.30. The van der Waals surface area contributed by atoms with Crippen molar-refractivity contribution in [3.05, 3.63) is 70.4 Å². The molecule has 5 nitrogen and oxygen atoms in total. The summed E-state index contributed by atoms with van der Waals surface area (Å²) in [6.07, 6.45) is -0.586. The number of hydrogen-bond acceptors (Lipinski definition) is 2. The number of nitrogens with one attached hydrogen (secondary N) is 1. The third-order valence-corrected chi connectivity index (χ3v) is 7.14. The van der Waals surface area contributed by atoms with Gasteiger partial charge in [0.15, 0.2) is 0 Å². The monoisotopic (exact) mass is 506 g/mol. The van der Waals surface area contributed by atoms with Crippen LogP contribution in [0.2, 0.25) is 5.02 Å². The van der Waals surface area contributed by atoms with Crippen LogP contribution < -0.4 is 5.32 Å². The van der Waals surface area contributed by atoms with Crippen LogP contribution in [0.3, 0.4) is 0 Å². The van der Waals surface area contributed by atoms with E-state index in [-0.39, 0.29) is 23.4 Å². The standard InChI is InChI=1S/C26H26ClF3N2O3/c1-15(17-4-6-18(7-5-17)25(34)35)31-24(33)22-13-20(26(28,29)30)12-19-10-11-32(23(19)22)14-16-2-8-21(27)9-3-16/h2-3,8-13,15,17-18H,4-7,14H2,1H3,(H,31,33)(H,34,35). The van der Waals surface area contributed by atoms with E-state index in [0.717, 1.165) is 17.7 Å². The van der Waals surface area contributed by atoms with Crippen molar-refractivity contribution < 1.29 is 27.9 Å². The second-order valence-electron chi connectivity index (χ2n) is 9.24. The van der Waals surface area contributed by atoms with Crippen molar-refractivity contribution in [1.82, 2.24) is 9.88 Å². The first-order chi connectivity index (χ1) is 16.5. The third-order valence-electron chi connectivity index (χ3n) is 6.89. The molecule has 1 heterocycles. The van der Waals surface area contributed by atoms with Crippen LogP contribution in [-0.4, -0.2) is 27.6 Å². The predicted octanol–water partition coefficient (Wildman–Crippen LogP) is 6.37. The Bertz CT molecular complexity index is 1230. The van der Waals surface area contributed by atoms with Gasteiger partial charge in [-0.3, -0.25) is 9.59 Å². The first-order valence-electron chi connectivity index (χ1n) is 11.5. The Balaban J connectivity index is 1.63. The third kappa shape index (κ3) is 5.64. The topological polar surface area (TPSA) is 71.3 Å². The number of halogens is 4. The number of benzene rings is 2. The van der Waals surface area contributed by atoms with Gasteiger partial charge in [-0.1, -0.05) is 23.7 Å². The summed E-state index contributed by atoms with van der Waals surface area (Å²) in [6.45, 7) is 2.18. The molecule has 1 aliphatic rings. The van der Waals surface area contributed by atoms with E-state index in [1.807, 2.05) is 19.1 Å². The Morgan fingerprint density at radius 3 is 2.37 bits per heavy atom. The highest BCUT2D eigenvalue weighted by Gasteiger charge is 2.34. The van der Waals surface area contributed by atoms with Gasteiger partial charge in [0.25, 0.3) is 5.91 Å². The lowest BCUT2D eigenvalue weighted by Gasteiger charge is -2.31. The summed E-state index contributed by atoms with van der Waals surface area (Å²) >= 11 is 5.96. The molecule has 0 spiro atoms. The Labute approximate surface area is 205 Å². The Morgan fingerprint density at radius 2 is 1.77 bits per heavy atom. The lowest BCUT2D eigenvalue weighted by atomic mass is 9.79. The molecule has 1 amide bonds. The fourth-order valence-corrected chi connectivity index (χ4v) is 5.00. The molecular weight excluding hydrogens is 481 g/mol. The molecule has 0 bridgehead atoms. The largest absolute Gasteiger partial charge is 0.481 e. The second kappa shape index (κ2) is 9.93. The van der Waals surface area contributed by atoms with Crippen LogP contribution in [0.1, 0.15) is 54.1 Å². The van der Waals surface area contributed by atoms with Gasteiger partial charge in [-0.25, -0.2) is 0 Å². The van der Waals surface area contributed by atoms with Crippen molar-refractivity contribution in [1.29, 1.82) is 0 Å². The van der Waals surface area contributed by atoms with E-state index in [0.29, 0.717) is 48.2 Å². The van der Waals surface area contributed by atoms with Gasteiger partial charge in [-0.2, -0.15) is 13.2 Å². The van der Waals surface area contributed by atoms with Crippen LogP contribution in [0.25, 0.3) is 10.9 Å². The van der Waals surface area contributed by atoms with Crippen LogP contribution in [0.15, 0.2) is 48.7 Å². The van der Waals surface area contributed by atoms with Crippen molar-refractivity contribution in [2.45, 2.75) is 51.4 Å². The van der Waals surface area contributed by atoms with Crippen molar-refractivity contribution >= 4 is 34.4 Å². The number of carboxylic acids is 1. The van der Waals surface area contributed by atoms with Crippen molar-refractivity contribution in [2.75, 3.05) is 0 Å². The predicted molar refractivity (Wildman–Crippen MR) is 128 cm³/mol. The molecule has 2 aromatic carbocycles. The van der Waals surface area contributed by atoms with E-state index in [9.17, 15) is 27.9 Å². The maximum Gasteiger partial charge on any atom is 0.416 e. The molecule has 35 heavy (non-hydrogen) atoms. The minimum atomic E-state index is -4.59. The SMILES string of the molecule is CC(NC(=O)c1cc(C(F)(F)F)cc2ccn(Cc3ccc(Cl)cc3)c12)C1CCC(C(=O)O)CC1. The van der Waals surface area contributed by atoms with Gasteiger partial charge in [-0.15, -0.1) is 0 Å². The molecule has 0 saturated heterocycles. The summed E-state index contributed by atoms with van der Waals surface area (Å²) in [5.41, 5.74) is 0.392. The molecule has 2 N–H and O–H groups in total. The van der Waals surface area contributed by atoms with Gasteiger partial charge in [-0.05, 0) is 74.4 Å². The van der Waals surface area contributed by atoms with E-state index in [4.69, 9.17) is 11.6 Å². The number of fused-ring (bicyclic) bond motifs is 1. The number of alkyl halides is 3. The summed E-state index contributed by atoms with van der Waals surface area (Å²) in [7, 11) is 0. The molecule has 1 saturated carbocycles. The Kier molecular flexibility index (Phi) is 7.12. The molecule has 186 valence electrons. The van der Waals surface area contributed by atoms with Crippen molar-refractivity contribution in [2.24, 2.45) is 11.8 Å².